The summed E-state index contributed by atoms with van der Waals surface area (Å²) in [6.07, 6.45) is 2.05. The molecule has 1 saturated heterocycles. The lowest BCUT2D eigenvalue weighted by Crippen LogP contribution is -2.42. The molecule has 1 amide bonds. The Morgan fingerprint density at radius 2 is 2.35 bits per heavy atom. The van der Waals surface area contributed by atoms with E-state index in [1.807, 2.05) is 13.8 Å². The molecule has 0 bridgehead atoms. The average Bonchev–Trinajstić information content (AvgIpc) is 3.05. The molecule has 1 atom stereocenters. The quantitative estimate of drug-likeness (QED) is 0.930. The van der Waals surface area contributed by atoms with Gasteiger partial charge in [0.15, 0.2) is 17.5 Å². The molecule has 122 valence electrons. The minimum absolute atomic E-state index is 0.0149. The molecule has 3 rings (SSSR count). The molecule has 0 saturated carbocycles. The Balaban J connectivity index is 1.75. The molecule has 2 aromatic rings. The predicted octanol–water partition coefficient (Wildman–Crippen LogP) is 1.68. The summed E-state index contributed by atoms with van der Waals surface area (Å²) in [6, 6.07) is 1.38. The maximum Gasteiger partial charge on any atom is 0.257 e. The zero-order valence-corrected chi connectivity index (χ0v) is 13.0. The van der Waals surface area contributed by atoms with Crippen molar-refractivity contribution in [2.75, 3.05) is 19.7 Å². The molecule has 0 radical (unpaired) electrons. The van der Waals surface area contributed by atoms with Crippen molar-refractivity contribution >= 4 is 5.91 Å². The van der Waals surface area contributed by atoms with Crippen molar-refractivity contribution in [2.45, 2.75) is 25.9 Å². The summed E-state index contributed by atoms with van der Waals surface area (Å²) in [7, 11) is 0. The van der Waals surface area contributed by atoms with Crippen molar-refractivity contribution in [3.05, 3.63) is 41.5 Å². The largest absolute Gasteiger partial charge is 0.367 e. The summed E-state index contributed by atoms with van der Waals surface area (Å²) >= 11 is 0. The van der Waals surface area contributed by atoms with Crippen molar-refractivity contribution in [1.82, 2.24) is 25.1 Å². The van der Waals surface area contributed by atoms with Gasteiger partial charge in [0.1, 0.15) is 6.10 Å². The van der Waals surface area contributed by atoms with Gasteiger partial charge < -0.3 is 9.64 Å². The number of ether oxygens (including phenoxy) is 1. The Bertz CT molecular complexity index is 703. The number of hydrogen-bond donors (Lipinski definition) is 1. The molecule has 1 fully saturated rings. The van der Waals surface area contributed by atoms with E-state index >= 15 is 0 Å². The molecular formula is C15H18FN5O2. The number of aromatic amines is 1. The van der Waals surface area contributed by atoms with E-state index < -0.39 is 11.9 Å². The number of H-pyrrole nitrogens is 1. The summed E-state index contributed by atoms with van der Waals surface area (Å²) in [4.78, 5) is 22.1. The lowest BCUT2D eigenvalue weighted by atomic mass is 10.2. The van der Waals surface area contributed by atoms with Gasteiger partial charge in [0, 0.05) is 18.7 Å². The number of amides is 1. The average molecular weight is 319 g/mol. The summed E-state index contributed by atoms with van der Waals surface area (Å²) in [6.45, 7) is 5.06. The summed E-state index contributed by atoms with van der Waals surface area (Å²) < 4.78 is 19.4. The molecule has 1 N–H and O–H groups in total. The molecule has 0 aliphatic carbocycles. The number of halogens is 1. The van der Waals surface area contributed by atoms with Gasteiger partial charge >= 0.3 is 0 Å². The van der Waals surface area contributed by atoms with E-state index in [0.29, 0.717) is 31.3 Å². The van der Waals surface area contributed by atoms with Gasteiger partial charge in [0.05, 0.1) is 24.9 Å². The fourth-order valence-electron chi connectivity index (χ4n) is 2.41. The predicted molar refractivity (Wildman–Crippen MR) is 79.3 cm³/mol. The van der Waals surface area contributed by atoms with E-state index in [1.54, 1.807) is 4.90 Å². The highest BCUT2D eigenvalue weighted by atomic mass is 19.1. The van der Waals surface area contributed by atoms with Crippen LogP contribution in [0.2, 0.25) is 0 Å². The molecule has 2 aromatic heterocycles. The van der Waals surface area contributed by atoms with E-state index in [4.69, 9.17) is 4.74 Å². The lowest BCUT2D eigenvalue weighted by Gasteiger charge is -2.31. The number of nitrogens with zero attached hydrogens (tertiary/aromatic N) is 4. The van der Waals surface area contributed by atoms with Crippen LogP contribution < -0.4 is 0 Å². The van der Waals surface area contributed by atoms with Gasteiger partial charge in [0.2, 0.25) is 0 Å². The van der Waals surface area contributed by atoms with Gasteiger partial charge in [-0.2, -0.15) is 5.10 Å². The Hall–Kier alpha value is -2.35. The van der Waals surface area contributed by atoms with Crippen LogP contribution in [-0.4, -0.2) is 50.7 Å². The number of carbonyl (C=O) groups excluding carboxylic acids is 1. The molecule has 0 spiro atoms. The van der Waals surface area contributed by atoms with Crippen LogP contribution in [0.5, 0.6) is 0 Å². The van der Waals surface area contributed by atoms with E-state index in [0.717, 1.165) is 6.20 Å². The van der Waals surface area contributed by atoms with Gasteiger partial charge in [-0.05, 0) is 6.07 Å². The van der Waals surface area contributed by atoms with E-state index in [-0.39, 0.29) is 17.4 Å². The molecule has 3 heterocycles. The second-order valence-electron chi connectivity index (χ2n) is 5.70. The molecule has 0 unspecified atom stereocenters. The van der Waals surface area contributed by atoms with Crippen molar-refractivity contribution in [3.8, 4) is 0 Å². The number of rotatable bonds is 3. The zero-order valence-electron chi connectivity index (χ0n) is 13.0. The van der Waals surface area contributed by atoms with Crippen molar-refractivity contribution in [1.29, 1.82) is 0 Å². The van der Waals surface area contributed by atoms with Crippen molar-refractivity contribution in [3.63, 3.8) is 0 Å². The fraction of sp³-hybridized carbons (Fsp3) is 0.467. The SMILES string of the molecule is CC(C)c1n[nH]c([C@@H]2CN(C(=O)c3ccncc3F)CCO2)n1. The monoisotopic (exact) mass is 319 g/mol. The van der Waals surface area contributed by atoms with Crippen LogP contribution in [0.4, 0.5) is 4.39 Å². The first-order chi connectivity index (χ1) is 11.1. The summed E-state index contributed by atoms with van der Waals surface area (Å²) in [5.74, 6) is 0.491. The first-order valence-corrected chi connectivity index (χ1v) is 7.49. The minimum atomic E-state index is -0.623. The van der Waals surface area contributed by atoms with Gasteiger partial charge in [-0.3, -0.25) is 14.9 Å². The smallest absolute Gasteiger partial charge is 0.257 e. The van der Waals surface area contributed by atoms with Crippen LogP contribution in [-0.2, 0) is 4.74 Å². The van der Waals surface area contributed by atoms with Gasteiger partial charge in [0.25, 0.3) is 5.91 Å². The highest BCUT2D eigenvalue weighted by Crippen LogP contribution is 2.22. The Labute approximate surface area is 132 Å². The van der Waals surface area contributed by atoms with Crippen molar-refractivity contribution < 1.29 is 13.9 Å². The first-order valence-electron chi connectivity index (χ1n) is 7.49. The van der Waals surface area contributed by atoms with Crippen LogP contribution in [0, 0.1) is 5.82 Å². The Kier molecular flexibility index (Phi) is 4.33. The molecule has 1 aliphatic heterocycles. The van der Waals surface area contributed by atoms with Crippen LogP contribution in [0.3, 0.4) is 0 Å². The molecule has 8 heteroatoms. The summed E-state index contributed by atoms with van der Waals surface area (Å²) in [5.41, 5.74) is 0.0149. The van der Waals surface area contributed by atoms with E-state index in [1.165, 1.54) is 12.3 Å². The molecule has 7 nitrogen and oxygen atoms in total. The number of pyridine rings is 1. The molecule has 1 aliphatic rings. The standard InChI is InChI=1S/C15H18FN5O2/c1-9(2)13-18-14(20-19-13)12-8-21(5-6-23-12)15(22)10-3-4-17-7-11(10)16/h3-4,7,9,12H,5-6,8H2,1-2H3,(H,18,19,20)/t12-/m0/s1. The highest BCUT2D eigenvalue weighted by molar-refractivity contribution is 5.94. The third kappa shape index (κ3) is 3.21. The fourth-order valence-corrected chi connectivity index (χ4v) is 2.41. The Morgan fingerprint density at radius 3 is 3.04 bits per heavy atom. The van der Waals surface area contributed by atoms with Gasteiger partial charge in [-0.15, -0.1) is 0 Å². The third-order valence-electron chi connectivity index (χ3n) is 3.70. The second kappa shape index (κ2) is 6.41. The first kappa shape index (κ1) is 15.5. The number of morpholine rings is 1. The number of carbonyl (C=O) groups is 1. The van der Waals surface area contributed by atoms with Crippen LogP contribution >= 0.6 is 0 Å². The third-order valence-corrected chi connectivity index (χ3v) is 3.70. The second-order valence-corrected chi connectivity index (χ2v) is 5.70. The normalized spacial score (nSPS) is 18.4. The van der Waals surface area contributed by atoms with Gasteiger partial charge in [-0.25, -0.2) is 9.37 Å². The molecular weight excluding hydrogens is 301 g/mol. The van der Waals surface area contributed by atoms with E-state index in [9.17, 15) is 9.18 Å². The summed E-state index contributed by atoms with van der Waals surface area (Å²) in [5, 5.41) is 7.00. The van der Waals surface area contributed by atoms with Crippen LogP contribution in [0.1, 0.15) is 47.9 Å². The number of aromatic nitrogens is 4. The maximum absolute atomic E-state index is 13.7. The Morgan fingerprint density at radius 1 is 1.52 bits per heavy atom. The topological polar surface area (TPSA) is 84.0 Å². The zero-order chi connectivity index (χ0) is 16.4. The van der Waals surface area contributed by atoms with Gasteiger partial charge in [-0.1, -0.05) is 13.8 Å². The van der Waals surface area contributed by atoms with Crippen LogP contribution in [0.25, 0.3) is 0 Å². The molecule has 23 heavy (non-hydrogen) atoms. The van der Waals surface area contributed by atoms with Crippen molar-refractivity contribution in [2.24, 2.45) is 0 Å². The number of hydrogen-bond acceptors (Lipinski definition) is 5. The maximum atomic E-state index is 13.7. The highest BCUT2D eigenvalue weighted by Gasteiger charge is 2.29. The van der Waals surface area contributed by atoms with E-state index in [2.05, 4.69) is 20.2 Å². The number of nitrogens with one attached hydrogen (secondary N) is 1. The minimum Gasteiger partial charge on any atom is -0.367 e. The molecule has 0 aromatic carbocycles. The van der Waals surface area contributed by atoms with Crippen LogP contribution in [0.15, 0.2) is 18.5 Å². The lowest BCUT2D eigenvalue weighted by molar-refractivity contribution is -0.0268.